The van der Waals surface area contributed by atoms with E-state index in [0.29, 0.717) is 33.9 Å². The van der Waals surface area contributed by atoms with E-state index in [1.165, 1.54) is 47.4 Å². The number of phenols is 1. The fraction of sp³-hybridized carbons (Fsp3) is 0.294. The summed E-state index contributed by atoms with van der Waals surface area (Å²) in [5, 5.41) is 11.1. The third-order valence-electron chi connectivity index (χ3n) is 9.45. The zero-order chi connectivity index (χ0) is 34.9. The minimum atomic E-state index is -0.933. The Balaban J connectivity index is 1.31. The standard InChI is InChI=1S/C34H30BrN5O9/c1-37-22-15-27(49-4)26(48-3)14-20(22)36-19(32(37)44)9-10-38-33(45)39-11-8-16-21(40(39)34(38)46)12-17-28(24(42)13-18(35)31(17)43)29(16)30-23(41)6-5-7-25(30)47-2/h5-8,13-15,21,29,41H,9-12H2,1-4H3. The van der Waals surface area contributed by atoms with Gasteiger partial charge in [-0.25, -0.2) is 28.5 Å². The molecule has 2 aromatic carbocycles. The lowest BCUT2D eigenvalue weighted by molar-refractivity contribution is -0.115. The number of hydrogen-bond donors (Lipinski definition) is 1. The minimum absolute atomic E-state index is 0.0127. The number of halogens is 1. The maximum Gasteiger partial charge on any atom is 0.347 e. The molecule has 1 N–H and O–H groups in total. The van der Waals surface area contributed by atoms with Gasteiger partial charge in [-0.1, -0.05) is 12.1 Å². The maximum absolute atomic E-state index is 14.1. The van der Waals surface area contributed by atoms with Gasteiger partial charge in [-0.2, -0.15) is 0 Å². The Morgan fingerprint density at radius 2 is 1.69 bits per heavy atom. The molecule has 252 valence electrons. The van der Waals surface area contributed by atoms with Gasteiger partial charge in [0.1, 0.15) is 17.2 Å². The number of carbonyl (C=O) groups excluding carboxylic acids is 2. The number of fused-ring (bicyclic) bond motifs is 4. The molecule has 14 nitrogen and oxygen atoms in total. The Labute approximate surface area is 285 Å². The summed E-state index contributed by atoms with van der Waals surface area (Å²) in [7, 11) is 6.01. The van der Waals surface area contributed by atoms with Crippen LogP contribution in [-0.2, 0) is 36.1 Å². The molecule has 0 radical (unpaired) electrons. The second-order valence-corrected chi connectivity index (χ2v) is 12.7. The molecule has 0 bridgehead atoms. The van der Waals surface area contributed by atoms with Crippen LogP contribution in [0.15, 0.2) is 78.1 Å². The largest absolute Gasteiger partial charge is 0.507 e. The lowest BCUT2D eigenvalue weighted by atomic mass is 9.68. The zero-order valence-corrected chi connectivity index (χ0v) is 28.4. The fourth-order valence-electron chi connectivity index (χ4n) is 7.14. The van der Waals surface area contributed by atoms with E-state index in [0.717, 1.165) is 4.57 Å². The number of methoxy groups -OCH3 is 3. The molecule has 0 spiro atoms. The van der Waals surface area contributed by atoms with Gasteiger partial charge in [-0.15, -0.1) is 0 Å². The Morgan fingerprint density at radius 1 is 0.980 bits per heavy atom. The summed E-state index contributed by atoms with van der Waals surface area (Å²) < 4.78 is 21.5. The van der Waals surface area contributed by atoms with Crippen LogP contribution in [0.3, 0.4) is 0 Å². The van der Waals surface area contributed by atoms with Crippen LogP contribution < -0.4 is 31.1 Å². The number of aromatic hydroxyl groups is 1. The van der Waals surface area contributed by atoms with E-state index in [4.69, 9.17) is 14.2 Å². The molecule has 2 atom stereocenters. The number of hydrogen-bond acceptors (Lipinski definition) is 10. The Bertz CT molecular complexity index is 2410. The van der Waals surface area contributed by atoms with Crippen molar-refractivity contribution in [2.24, 2.45) is 7.05 Å². The van der Waals surface area contributed by atoms with Crippen LogP contribution in [0.2, 0.25) is 0 Å². The molecule has 0 fully saturated rings. The number of phenolic OH excluding ortho intramolecular Hbond substituents is 1. The third-order valence-corrected chi connectivity index (χ3v) is 10.0. The quantitative estimate of drug-likeness (QED) is 0.220. The predicted octanol–water partition coefficient (Wildman–Crippen LogP) is 2.43. The van der Waals surface area contributed by atoms with Crippen molar-refractivity contribution in [3.8, 4) is 23.0 Å². The summed E-state index contributed by atoms with van der Waals surface area (Å²) in [6.45, 7) is -0.161. The molecular formula is C34H30BrN5O9. The van der Waals surface area contributed by atoms with E-state index in [2.05, 4.69) is 20.9 Å². The molecule has 0 saturated carbocycles. The summed E-state index contributed by atoms with van der Waals surface area (Å²) in [4.78, 5) is 72.7. The lowest BCUT2D eigenvalue weighted by Crippen LogP contribution is -2.40. The van der Waals surface area contributed by atoms with Gasteiger partial charge in [0, 0.05) is 67.3 Å². The highest BCUT2D eigenvalue weighted by Crippen LogP contribution is 2.53. The highest BCUT2D eigenvalue weighted by atomic mass is 79.9. The predicted molar refractivity (Wildman–Crippen MR) is 180 cm³/mol. The maximum atomic E-state index is 14.1. The average Bonchev–Trinajstić information content (AvgIpc) is 3.34. The number of carbonyl (C=O) groups is 2. The Morgan fingerprint density at radius 3 is 2.41 bits per heavy atom. The number of benzene rings is 2. The van der Waals surface area contributed by atoms with E-state index in [1.54, 1.807) is 37.4 Å². The van der Waals surface area contributed by atoms with Crippen LogP contribution in [0.4, 0.5) is 0 Å². The molecule has 0 saturated heterocycles. The van der Waals surface area contributed by atoms with Crippen LogP contribution in [0.1, 0.15) is 29.6 Å². The minimum Gasteiger partial charge on any atom is -0.507 e. The third kappa shape index (κ3) is 4.82. The number of ketones is 2. The lowest BCUT2D eigenvalue weighted by Gasteiger charge is -2.39. The van der Waals surface area contributed by atoms with Gasteiger partial charge >= 0.3 is 11.4 Å². The molecule has 2 aliphatic carbocycles. The summed E-state index contributed by atoms with van der Waals surface area (Å²) in [6.07, 6.45) is 2.89. The molecular weight excluding hydrogens is 702 g/mol. The van der Waals surface area contributed by atoms with Crippen molar-refractivity contribution in [3.63, 3.8) is 0 Å². The van der Waals surface area contributed by atoms with Crippen LogP contribution in [-0.4, -0.2) is 61.5 Å². The smallest absolute Gasteiger partial charge is 0.347 e. The number of aryl methyl sites for hydroxylation is 2. The molecule has 2 unspecified atom stereocenters. The normalized spacial score (nSPS) is 18.5. The van der Waals surface area contributed by atoms with Gasteiger partial charge in [0.25, 0.3) is 5.56 Å². The van der Waals surface area contributed by atoms with Crippen molar-refractivity contribution in [2.45, 2.75) is 37.9 Å². The van der Waals surface area contributed by atoms with Crippen LogP contribution in [0.25, 0.3) is 11.0 Å². The number of nitrogens with zero attached hydrogens (tertiary/aromatic N) is 5. The average molecular weight is 733 g/mol. The van der Waals surface area contributed by atoms with Gasteiger partial charge < -0.3 is 23.9 Å². The molecule has 3 aliphatic rings. The van der Waals surface area contributed by atoms with Gasteiger partial charge in [0.2, 0.25) is 0 Å². The first-order chi connectivity index (χ1) is 23.5. The Hall–Kier alpha value is -5.44. The molecule has 3 heterocycles. The summed E-state index contributed by atoms with van der Waals surface area (Å²) in [5.41, 5.74) is 0.674. The van der Waals surface area contributed by atoms with Gasteiger partial charge in [0.15, 0.2) is 23.1 Å². The first-order valence-electron chi connectivity index (χ1n) is 15.3. The van der Waals surface area contributed by atoms with Gasteiger partial charge in [-0.3, -0.25) is 14.4 Å². The topological polar surface area (TPSA) is 166 Å². The first kappa shape index (κ1) is 32.1. The van der Waals surface area contributed by atoms with Crippen molar-refractivity contribution in [1.29, 1.82) is 0 Å². The number of rotatable bonds is 7. The van der Waals surface area contributed by atoms with Crippen LogP contribution in [0, 0.1) is 0 Å². The summed E-state index contributed by atoms with van der Waals surface area (Å²) in [5.74, 6) is -0.769. The second-order valence-electron chi connectivity index (χ2n) is 11.8. The number of aromatic nitrogens is 5. The zero-order valence-electron chi connectivity index (χ0n) is 26.9. The van der Waals surface area contributed by atoms with E-state index in [-0.39, 0.29) is 58.6 Å². The van der Waals surface area contributed by atoms with E-state index in [1.807, 2.05) is 0 Å². The van der Waals surface area contributed by atoms with Crippen molar-refractivity contribution < 1.29 is 28.9 Å². The molecule has 49 heavy (non-hydrogen) atoms. The number of ether oxygens (including phenoxy) is 3. The monoisotopic (exact) mass is 731 g/mol. The number of Topliss-reactive ketones (excluding diaryl/α,β-unsaturated/α-hetero) is 1. The highest BCUT2D eigenvalue weighted by Gasteiger charge is 2.46. The second kappa shape index (κ2) is 11.9. The van der Waals surface area contributed by atoms with Crippen LogP contribution >= 0.6 is 15.9 Å². The molecule has 4 aromatic rings. The van der Waals surface area contributed by atoms with Crippen molar-refractivity contribution in [2.75, 3.05) is 21.3 Å². The molecule has 15 heteroatoms. The van der Waals surface area contributed by atoms with Crippen molar-refractivity contribution >= 4 is 38.5 Å². The van der Waals surface area contributed by atoms with E-state index >= 15 is 0 Å². The Kier molecular flexibility index (Phi) is 7.81. The number of allylic oxidation sites excluding steroid dienone is 6. The molecule has 0 amide bonds. The van der Waals surface area contributed by atoms with Crippen molar-refractivity contribution in [3.05, 3.63) is 106 Å². The highest BCUT2D eigenvalue weighted by molar-refractivity contribution is 9.12. The molecule has 2 aromatic heterocycles. The molecule has 1 aliphatic heterocycles. The van der Waals surface area contributed by atoms with E-state index in [9.17, 15) is 29.1 Å². The first-order valence-corrected chi connectivity index (χ1v) is 16.1. The summed E-state index contributed by atoms with van der Waals surface area (Å²) in [6, 6.07) is 7.15. The SMILES string of the molecule is COc1cc2nc(CCn3c(=O)n4n(c3=O)C3CC5=C(C(=O)C=C(Br)C5=O)C(c5c(O)cccc5OC)C3=CC4)c(=O)n(C)c2cc1OC. The fourth-order valence-corrected chi connectivity index (χ4v) is 7.59. The van der Waals surface area contributed by atoms with E-state index < -0.39 is 40.5 Å². The van der Waals surface area contributed by atoms with Gasteiger partial charge in [-0.05, 0) is 33.6 Å². The summed E-state index contributed by atoms with van der Waals surface area (Å²) >= 11 is 3.20. The van der Waals surface area contributed by atoms with Gasteiger partial charge in [0.05, 0.1) is 49.4 Å². The van der Waals surface area contributed by atoms with Crippen LogP contribution in [0.5, 0.6) is 23.0 Å². The van der Waals surface area contributed by atoms with Crippen molar-refractivity contribution in [1.82, 2.24) is 23.5 Å². The molecule has 7 rings (SSSR count).